The van der Waals surface area contributed by atoms with Gasteiger partial charge < -0.3 is 9.84 Å². The molecule has 1 aliphatic rings. The van der Waals surface area contributed by atoms with Crippen LogP contribution in [0, 0.1) is 6.92 Å². The minimum absolute atomic E-state index is 0.0211. The highest BCUT2D eigenvalue weighted by molar-refractivity contribution is 7.89. The van der Waals surface area contributed by atoms with Crippen LogP contribution in [-0.2, 0) is 24.3 Å². The van der Waals surface area contributed by atoms with Crippen molar-refractivity contribution < 1.29 is 27.9 Å². The minimum atomic E-state index is -3.96. The molecule has 120 valence electrons. The number of nitrogens with zero attached hydrogens (tertiary/aromatic N) is 1. The molecule has 0 spiro atoms. The fourth-order valence-corrected chi connectivity index (χ4v) is 4.05. The van der Waals surface area contributed by atoms with E-state index in [9.17, 15) is 23.1 Å². The van der Waals surface area contributed by atoms with Gasteiger partial charge in [0.2, 0.25) is 10.0 Å². The lowest BCUT2D eigenvalue weighted by Gasteiger charge is -2.20. The zero-order valence-corrected chi connectivity index (χ0v) is 13.0. The first kappa shape index (κ1) is 16.4. The molecule has 0 aliphatic carbocycles. The molecule has 2 rings (SSSR count). The lowest BCUT2D eigenvalue weighted by molar-refractivity contribution is -0.146. The number of benzene rings is 1. The first-order chi connectivity index (χ1) is 10.2. The van der Waals surface area contributed by atoms with Crippen molar-refractivity contribution in [1.29, 1.82) is 0 Å². The maximum atomic E-state index is 12.6. The Bertz CT molecular complexity index is 682. The molecule has 1 N–H and O–H groups in total. The molecular weight excluding hydrogens is 310 g/mol. The number of carbonyl (C=O) groups excluding carboxylic acids is 1. The largest absolute Gasteiger partial charge is 0.480 e. The number of esters is 1. The molecular formula is C14H17NO6S. The van der Waals surface area contributed by atoms with Crippen molar-refractivity contribution in [3.63, 3.8) is 0 Å². The number of sulfonamides is 1. The number of ether oxygens (including phenoxy) is 1. The Morgan fingerprint density at radius 1 is 1.27 bits per heavy atom. The summed E-state index contributed by atoms with van der Waals surface area (Å²) >= 11 is 0. The first-order valence-electron chi connectivity index (χ1n) is 6.70. The number of aryl methyl sites for hydroxylation is 1. The Balaban J connectivity index is 2.33. The predicted octanol–water partition coefficient (Wildman–Crippen LogP) is 0.774. The van der Waals surface area contributed by atoms with Crippen molar-refractivity contribution in [2.24, 2.45) is 0 Å². The van der Waals surface area contributed by atoms with Crippen LogP contribution in [0.15, 0.2) is 29.2 Å². The third-order valence-electron chi connectivity index (χ3n) is 3.46. The van der Waals surface area contributed by atoms with Gasteiger partial charge in [-0.05, 0) is 19.1 Å². The molecule has 1 aromatic rings. The van der Waals surface area contributed by atoms with Crippen LogP contribution >= 0.6 is 0 Å². The second-order valence-corrected chi connectivity index (χ2v) is 7.10. The van der Waals surface area contributed by atoms with Gasteiger partial charge in [0.15, 0.2) is 0 Å². The van der Waals surface area contributed by atoms with Gasteiger partial charge in [-0.15, -0.1) is 0 Å². The van der Waals surface area contributed by atoms with E-state index in [1.54, 1.807) is 12.1 Å². The summed E-state index contributed by atoms with van der Waals surface area (Å²) in [5.41, 5.74) is 0.896. The van der Waals surface area contributed by atoms with Crippen LogP contribution in [0.4, 0.5) is 0 Å². The number of rotatable bonds is 4. The molecule has 1 aromatic carbocycles. The number of carboxylic acid groups (broad SMARTS) is 1. The topological polar surface area (TPSA) is 101 Å². The molecule has 1 saturated heterocycles. The Labute approximate surface area is 128 Å². The second-order valence-electron chi connectivity index (χ2n) is 5.21. The SMILES string of the molecule is CC(=O)O[C@@H]1C[C@@H](C(=O)O)N(S(=O)(=O)c2ccc(C)cc2)C1. The molecule has 1 aliphatic heterocycles. The zero-order chi connectivity index (χ0) is 16.5. The molecule has 1 fully saturated rings. The summed E-state index contributed by atoms with van der Waals surface area (Å²) in [5, 5.41) is 9.24. The highest BCUT2D eigenvalue weighted by Crippen LogP contribution is 2.28. The summed E-state index contributed by atoms with van der Waals surface area (Å²) in [5.74, 6) is -1.82. The number of carbonyl (C=O) groups is 2. The molecule has 2 atom stereocenters. The summed E-state index contributed by atoms with van der Waals surface area (Å²) in [6, 6.07) is 4.91. The van der Waals surface area contributed by atoms with Gasteiger partial charge in [-0.25, -0.2) is 8.42 Å². The van der Waals surface area contributed by atoms with E-state index < -0.39 is 34.1 Å². The summed E-state index contributed by atoms with van der Waals surface area (Å²) in [4.78, 5) is 22.4. The number of carboxylic acids is 1. The van der Waals surface area contributed by atoms with Crippen molar-refractivity contribution in [2.45, 2.75) is 37.3 Å². The number of hydrogen-bond donors (Lipinski definition) is 1. The molecule has 1 heterocycles. The van der Waals surface area contributed by atoms with Crippen LogP contribution in [0.5, 0.6) is 0 Å². The zero-order valence-electron chi connectivity index (χ0n) is 12.2. The molecule has 0 saturated carbocycles. The first-order valence-corrected chi connectivity index (χ1v) is 8.14. The van der Waals surface area contributed by atoms with E-state index in [2.05, 4.69) is 0 Å². The standard InChI is InChI=1S/C14H17NO6S/c1-9-3-5-12(6-4-9)22(19,20)15-8-11(21-10(2)16)7-13(15)14(17)18/h3-6,11,13H,7-8H2,1-2H3,(H,17,18)/t11-,13+/m1/s1. The molecule has 0 bridgehead atoms. The maximum absolute atomic E-state index is 12.6. The van der Waals surface area contributed by atoms with E-state index in [0.29, 0.717) is 0 Å². The maximum Gasteiger partial charge on any atom is 0.322 e. The Morgan fingerprint density at radius 3 is 2.36 bits per heavy atom. The molecule has 0 aromatic heterocycles. The lowest BCUT2D eigenvalue weighted by atomic mass is 10.2. The van der Waals surface area contributed by atoms with Gasteiger partial charge >= 0.3 is 11.9 Å². The molecule has 7 nitrogen and oxygen atoms in total. The summed E-state index contributed by atoms with van der Waals surface area (Å²) in [6.45, 7) is 2.86. The number of aliphatic carboxylic acids is 1. The van der Waals surface area contributed by atoms with E-state index in [4.69, 9.17) is 4.74 Å². The molecule has 8 heteroatoms. The normalized spacial score (nSPS) is 22.5. The summed E-state index contributed by atoms with van der Waals surface area (Å²) in [6.07, 6.45) is -0.807. The van der Waals surface area contributed by atoms with Crippen molar-refractivity contribution in [1.82, 2.24) is 4.31 Å². The van der Waals surface area contributed by atoms with Crippen LogP contribution in [0.2, 0.25) is 0 Å². The molecule has 0 amide bonds. The van der Waals surface area contributed by atoms with Crippen molar-refractivity contribution in [3.8, 4) is 0 Å². The average molecular weight is 327 g/mol. The van der Waals surface area contributed by atoms with E-state index in [0.717, 1.165) is 9.87 Å². The quantitative estimate of drug-likeness (QED) is 0.820. The van der Waals surface area contributed by atoms with Crippen molar-refractivity contribution in [2.75, 3.05) is 6.54 Å². The monoisotopic (exact) mass is 327 g/mol. The van der Waals surface area contributed by atoms with Crippen LogP contribution in [0.3, 0.4) is 0 Å². The summed E-state index contributed by atoms with van der Waals surface area (Å²) in [7, 11) is -3.96. The third-order valence-corrected chi connectivity index (χ3v) is 5.35. The van der Waals surface area contributed by atoms with E-state index >= 15 is 0 Å². The highest BCUT2D eigenvalue weighted by atomic mass is 32.2. The van der Waals surface area contributed by atoms with Gasteiger partial charge in [-0.2, -0.15) is 4.31 Å². The average Bonchev–Trinajstić information content (AvgIpc) is 2.83. The third kappa shape index (κ3) is 3.28. The van der Waals surface area contributed by atoms with Gasteiger partial charge in [0.25, 0.3) is 0 Å². The van der Waals surface area contributed by atoms with Crippen LogP contribution in [0.1, 0.15) is 18.9 Å². The Morgan fingerprint density at radius 2 is 1.86 bits per heavy atom. The Kier molecular flexibility index (Phi) is 4.52. The second kappa shape index (κ2) is 6.05. The van der Waals surface area contributed by atoms with Crippen molar-refractivity contribution in [3.05, 3.63) is 29.8 Å². The smallest absolute Gasteiger partial charge is 0.322 e. The van der Waals surface area contributed by atoms with Gasteiger partial charge in [0.05, 0.1) is 11.4 Å². The van der Waals surface area contributed by atoms with Gasteiger partial charge in [-0.1, -0.05) is 17.7 Å². The fourth-order valence-electron chi connectivity index (χ4n) is 2.42. The van der Waals surface area contributed by atoms with Gasteiger partial charge in [0, 0.05) is 13.3 Å². The predicted molar refractivity (Wildman–Crippen MR) is 76.7 cm³/mol. The fraction of sp³-hybridized carbons (Fsp3) is 0.429. The van der Waals surface area contributed by atoms with Crippen LogP contribution in [0.25, 0.3) is 0 Å². The van der Waals surface area contributed by atoms with Crippen LogP contribution in [-0.4, -0.2) is 48.5 Å². The molecule has 22 heavy (non-hydrogen) atoms. The molecule has 0 unspecified atom stereocenters. The van der Waals surface area contributed by atoms with Gasteiger partial charge in [0.1, 0.15) is 12.1 Å². The summed E-state index contributed by atoms with van der Waals surface area (Å²) < 4.78 is 31.1. The van der Waals surface area contributed by atoms with Gasteiger partial charge in [-0.3, -0.25) is 9.59 Å². The molecule has 0 radical (unpaired) electrons. The number of hydrogen-bond acceptors (Lipinski definition) is 5. The van der Waals surface area contributed by atoms with Crippen molar-refractivity contribution >= 4 is 22.0 Å². The lowest BCUT2D eigenvalue weighted by Crippen LogP contribution is -2.40. The van der Waals surface area contributed by atoms with E-state index in [1.165, 1.54) is 19.1 Å². The Hall–Kier alpha value is -1.93. The highest BCUT2D eigenvalue weighted by Gasteiger charge is 2.45. The van der Waals surface area contributed by atoms with E-state index in [1.807, 2.05) is 6.92 Å². The minimum Gasteiger partial charge on any atom is -0.480 e. The van der Waals surface area contributed by atoms with Crippen LogP contribution < -0.4 is 0 Å². The van der Waals surface area contributed by atoms with E-state index in [-0.39, 0.29) is 17.9 Å².